The number of amides is 1. The van der Waals surface area contributed by atoms with Crippen LogP contribution < -0.4 is 5.32 Å². The smallest absolute Gasteiger partial charge is 0.222 e. The lowest BCUT2D eigenvalue weighted by atomic mass is 9.59. The monoisotopic (exact) mass is 471 g/mol. The number of rotatable bonds is 18. The molecule has 0 saturated heterocycles. The molecule has 0 spiro atoms. The number of nitrogens with one attached hydrogen (secondary N) is 1. The van der Waals surface area contributed by atoms with Crippen LogP contribution in [0.3, 0.4) is 0 Å². The van der Waals surface area contributed by atoms with Gasteiger partial charge in [-0.1, -0.05) is 84.3 Å². The second kappa shape index (κ2) is 16.9. The normalized spacial score (nSPS) is 21.1. The quantitative estimate of drug-likeness (QED) is 0.124. The maximum Gasteiger partial charge on any atom is 0.222 e. The molecule has 2 unspecified atom stereocenters. The van der Waals surface area contributed by atoms with Crippen LogP contribution in [0.2, 0.25) is 0 Å². The molecule has 1 aliphatic carbocycles. The first-order chi connectivity index (χ1) is 16.2. The van der Waals surface area contributed by atoms with Gasteiger partial charge in [0.2, 0.25) is 5.91 Å². The Balaban J connectivity index is 2.32. The zero-order valence-electron chi connectivity index (χ0n) is 23.1. The van der Waals surface area contributed by atoms with Crippen LogP contribution in [0.15, 0.2) is 36.0 Å². The molecular formula is C31H53NO2. The van der Waals surface area contributed by atoms with Crippen LogP contribution in [0.5, 0.6) is 0 Å². The van der Waals surface area contributed by atoms with Gasteiger partial charge in [0.15, 0.2) is 5.78 Å². The van der Waals surface area contributed by atoms with E-state index in [0.29, 0.717) is 12.5 Å². The van der Waals surface area contributed by atoms with Gasteiger partial charge < -0.3 is 5.32 Å². The first-order valence-corrected chi connectivity index (χ1v) is 14.1. The second-order valence-electron chi connectivity index (χ2n) is 11.1. The molecule has 0 heterocycles. The van der Waals surface area contributed by atoms with Crippen molar-refractivity contribution in [2.24, 2.45) is 17.3 Å². The van der Waals surface area contributed by atoms with E-state index in [4.69, 9.17) is 0 Å². The van der Waals surface area contributed by atoms with E-state index >= 15 is 0 Å². The second-order valence-corrected chi connectivity index (χ2v) is 11.1. The highest BCUT2D eigenvalue weighted by Crippen LogP contribution is 2.48. The Morgan fingerprint density at radius 1 is 0.912 bits per heavy atom. The fourth-order valence-corrected chi connectivity index (χ4v) is 5.13. The third-order valence-corrected chi connectivity index (χ3v) is 7.10. The van der Waals surface area contributed by atoms with Gasteiger partial charge in [-0.25, -0.2) is 0 Å². The number of hydrogen-bond acceptors (Lipinski definition) is 2. The SMILES string of the molecule is CCC/C(=C\CC/C=C/CCC(=O)/C=C/CCC1(CCC)CCC1NC(=O)C(C)C)CC(C)C. The lowest BCUT2D eigenvalue weighted by molar-refractivity contribution is -0.127. The Hall–Kier alpha value is -1.64. The van der Waals surface area contributed by atoms with Crippen LogP contribution >= 0.6 is 0 Å². The molecule has 1 N–H and O–H groups in total. The first kappa shape index (κ1) is 30.4. The summed E-state index contributed by atoms with van der Waals surface area (Å²) in [7, 11) is 0. The predicted molar refractivity (Wildman–Crippen MR) is 147 cm³/mol. The summed E-state index contributed by atoms with van der Waals surface area (Å²) >= 11 is 0. The summed E-state index contributed by atoms with van der Waals surface area (Å²) in [5, 5.41) is 3.27. The Bertz CT molecular complexity index is 686. The third kappa shape index (κ3) is 11.7. The highest BCUT2D eigenvalue weighted by atomic mass is 16.2. The number of carbonyl (C=O) groups is 2. The molecule has 1 saturated carbocycles. The Morgan fingerprint density at radius 2 is 1.65 bits per heavy atom. The van der Waals surface area contributed by atoms with Crippen LogP contribution in [0.1, 0.15) is 125 Å². The molecule has 0 aromatic heterocycles. The minimum Gasteiger partial charge on any atom is -0.353 e. The molecule has 3 nitrogen and oxygen atoms in total. The van der Waals surface area contributed by atoms with Crippen LogP contribution in [0.4, 0.5) is 0 Å². The molecule has 0 radical (unpaired) electrons. The summed E-state index contributed by atoms with van der Waals surface area (Å²) in [5.74, 6) is 1.14. The van der Waals surface area contributed by atoms with Gasteiger partial charge >= 0.3 is 0 Å². The van der Waals surface area contributed by atoms with Crippen LogP contribution in [-0.4, -0.2) is 17.7 Å². The minimum atomic E-state index is 0.0337. The van der Waals surface area contributed by atoms with Crippen molar-refractivity contribution < 1.29 is 9.59 Å². The van der Waals surface area contributed by atoms with E-state index in [1.807, 2.05) is 13.8 Å². The fraction of sp³-hybridized carbons (Fsp3) is 0.742. The molecule has 0 aliphatic heterocycles. The van der Waals surface area contributed by atoms with Crippen molar-refractivity contribution in [1.82, 2.24) is 5.32 Å². The molecular weight excluding hydrogens is 418 g/mol. The Labute approximate surface area is 210 Å². The summed E-state index contributed by atoms with van der Waals surface area (Å²) in [6, 6.07) is 0.301. The molecule has 34 heavy (non-hydrogen) atoms. The molecule has 2 atom stereocenters. The fourth-order valence-electron chi connectivity index (χ4n) is 5.13. The highest BCUT2D eigenvalue weighted by molar-refractivity contribution is 5.89. The van der Waals surface area contributed by atoms with Crippen molar-refractivity contribution in [3.8, 4) is 0 Å². The van der Waals surface area contributed by atoms with E-state index in [9.17, 15) is 9.59 Å². The van der Waals surface area contributed by atoms with Gasteiger partial charge in [-0.2, -0.15) is 0 Å². The summed E-state index contributed by atoms with van der Waals surface area (Å²) in [6.45, 7) is 13.0. The molecule has 0 bridgehead atoms. The largest absolute Gasteiger partial charge is 0.353 e. The van der Waals surface area contributed by atoms with Gasteiger partial charge in [0.1, 0.15) is 0 Å². The molecule has 0 aromatic rings. The van der Waals surface area contributed by atoms with Crippen molar-refractivity contribution in [2.75, 3.05) is 0 Å². The van der Waals surface area contributed by atoms with E-state index in [-0.39, 0.29) is 23.0 Å². The Kier molecular flexibility index (Phi) is 15.1. The molecule has 194 valence electrons. The summed E-state index contributed by atoms with van der Waals surface area (Å²) < 4.78 is 0. The highest BCUT2D eigenvalue weighted by Gasteiger charge is 2.45. The number of allylic oxidation sites excluding steroid dienone is 6. The number of hydrogen-bond donors (Lipinski definition) is 1. The van der Waals surface area contributed by atoms with E-state index < -0.39 is 0 Å². The van der Waals surface area contributed by atoms with E-state index in [1.54, 1.807) is 11.6 Å². The van der Waals surface area contributed by atoms with Crippen LogP contribution in [0.25, 0.3) is 0 Å². The summed E-state index contributed by atoms with van der Waals surface area (Å²) in [4.78, 5) is 24.4. The first-order valence-electron chi connectivity index (χ1n) is 14.1. The molecule has 1 aliphatic rings. The zero-order valence-corrected chi connectivity index (χ0v) is 23.1. The topological polar surface area (TPSA) is 46.2 Å². The van der Waals surface area contributed by atoms with Crippen molar-refractivity contribution in [3.05, 3.63) is 36.0 Å². The molecule has 1 fully saturated rings. The molecule has 1 rings (SSSR count). The number of ketones is 1. The van der Waals surface area contributed by atoms with Gasteiger partial charge in [0.25, 0.3) is 0 Å². The van der Waals surface area contributed by atoms with Gasteiger partial charge in [-0.05, 0) is 81.6 Å². The lowest BCUT2D eigenvalue weighted by Crippen LogP contribution is -2.55. The van der Waals surface area contributed by atoms with Gasteiger partial charge in [-0.3, -0.25) is 9.59 Å². The maximum absolute atomic E-state index is 12.2. The predicted octanol–water partition coefficient (Wildman–Crippen LogP) is 8.50. The van der Waals surface area contributed by atoms with Crippen LogP contribution in [0, 0.1) is 17.3 Å². The summed E-state index contributed by atoms with van der Waals surface area (Å²) in [5.41, 5.74) is 1.82. The molecule has 1 amide bonds. The van der Waals surface area contributed by atoms with Gasteiger partial charge in [0, 0.05) is 18.4 Å². The van der Waals surface area contributed by atoms with Crippen LogP contribution in [-0.2, 0) is 9.59 Å². The standard InChI is InChI=1S/C31H53NO2/c1-7-16-27(24-25(3)4)17-12-10-9-11-13-18-28(33)19-14-15-22-31(21-8-2)23-20-29(31)32-30(34)26(5)6/h9,11,14,17,19,25-26,29H,7-8,10,12-13,15-16,18,20-24H2,1-6H3,(H,32,34)/b11-9+,19-14+,27-17+. The molecule has 0 aromatic carbocycles. The van der Waals surface area contributed by atoms with Crippen molar-refractivity contribution in [3.63, 3.8) is 0 Å². The van der Waals surface area contributed by atoms with E-state index in [0.717, 1.165) is 57.3 Å². The van der Waals surface area contributed by atoms with E-state index in [2.05, 4.69) is 57.3 Å². The minimum absolute atomic E-state index is 0.0337. The van der Waals surface area contributed by atoms with Crippen molar-refractivity contribution in [1.29, 1.82) is 0 Å². The van der Waals surface area contributed by atoms with Gasteiger partial charge in [0.05, 0.1) is 0 Å². The third-order valence-electron chi connectivity index (χ3n) is 7.10. The average Bonchev–Trinajstić information content (AvgIpc) is 2.77. The zero-order chi connectivity index (χ0) is 25.4. The lowest BCUT2D eigenvalue weighted by Gasteiger charge is -2.50. The maximum atomic E-state index is 12.2. The van der Waals surface area contributed by atoms with Crippen molar-refractivity contribution in [2.45, 2.75) is 131 Å². The molecule has 3 heteroatoms. The van der Waals surface area contributed by atoms with Gasteiger partial charge in [-0.15, -0.1) is 0 Å². The van der Waals surface area contributed by atoms with E-state index in [1.165, 1.54) is 25.7 Å². The Morgan fingerprint density at radius 3 is 2.24 bits per heavy atom. The van der Waals surface area contributed by atoms with Crippen molar-refractivity contribution >= 4 is 11.7 Å². The number of carbonyl (C=O) groups excluding carboxylic acids is 2. The number of unbranched alkanes of at least 4 members (excludes halogenated alkanes) is 1. The summed E-state index contributed by atoms with van der Waals surface area (Å²) in [6.07, 6.45) is 24.4. The average molecular weight is 472 g/mol.